The van der Waals surface area contributed by atoms with Crippen LogP contribution in [-0.4, -0.2) is 82.8 Å². The van der Waals surface area contributed by atoms with E-state index in [0.717, 1.165) is 0 Å². The van der Waals surface area contributed by atoms with E-state index in [1.54, 1.807) is 52.0 Å². The molecule has 270 valence electrons. The maximum absolute atomic E-state index is 14.3. The zero-order valence-electron chi connectivity index (χ0n) is 28.6. The molecule has 17 nitrogen and oxygen atoms in total. The number of nitriles is 1. The molecule has 3 heterocycles. The number of carbonyl (C=O) groups excluding carboxylic acids is 3. The van der Waals surface area contributed by atoms with Gasteiger partial charge in [0.2, 0.25) is 5.60 Å². The van der Waals surface area contributed by atoms with Crippen LogP contribution >= 0.6 is 7.75 Å². The number of para-hydroxylation sites is 1. The molecule has 1 aromatic carbocycles. The molecule has 2 aromatic heterocycles. The number of nitrogen functional groups attached to an aromatic ring is 1. The van der Waals surface area contributed by atoms with E-state index in [1.807, 2.05) is 0 Å². The summed E-state index contributed by atoms with van der Waals surface area (Å²) in [6, 6.07) is 11.9. The summed E-state index contributed by atoms with van der Waals surface area (Å²) in [6.45, 7) is 7.19. The molecular weight excluding hydrogens is 675 g/mol. The Labute approximate surface area is 288 Å². The molecule has 1 fully saturated rings. The lowest BCUT2D eigenvalue weighted by atomic mass is 9.92. The van der Waals surface area contributed by atoms with Crippen LogP contribution in [-0.2, 0) is 52.8 Å². The van der Waals surface area contributed by atoms with Crippen LogP contribution in [0.5, 0.6) is 5.75 Å². The summed E-state index contributed by atoms with van der Waals surface area (Å²) in [6.07, 6.45) is -3.39. The summed E-state index contributed by atoms with van der Waals surface area (Å²) in [4.78, 5) is 42.4. The van der Waals surface area contributed by atoms with Gasteiger partial charge in [-0.3, -0.25) is 18.9 Å². The lowest BCUT2D eigenvalue weighted by molar-refractivity contribution is -0.169. The van der Waals surface area contributed by atoms with Crippen molar-refractivity contribution < 1.29 is 51.7 Å². The second-order valence-electron chi connectivity index (χ2n) is 11.9. The second-order valence-corrected chi connectivity index (χ2v) is 13.6. The van der Waals surface area contributed by atoms with Crippen molar-refractivity contribution in [3.8, 4) is 11.8 Å². The first-order chi connectivity index (χ1) is 23.7. The van der Waals surface area contributed by atoms with Crippen LogP contribution in [0.3, 0.4) is 0 Å². The first-order valence-electron chi connectivity index (χ1n) is 15.8. The number of rotatable bonds is 16. The highest BCUT2D eigenvalue weighted by Crippen LogP contribution is 2.48. The highest BCUT2D eigenvalue weighted by atomic mass is 31.2. The van der Waals surface area contributed by atoms with Gasteiger partial charge in [-0.1, -0.05) is 32.0 Å². The predicted octanol–water partition coefficient (Wildman–Crippen LogP) is 3.22. The first kappa shape index (κ1) is 38.2. The highest BCUT2D eigenvalue weighted by Gasteiger charge is 2.62. The summed E-state index contributed by atoms with van der Waals surface area (Å²) < 4.78 is 55.7. The number of benzene rings is 1. The van der Waals surface area contributed by atoms with E-state index in [4.69, 9.17) is 38.5 Å². The van der Waals surface area contributed by atoms with E-state index in [0.29, 0.717) is 5.52 Å². The van der Waals surface area contributed by atoms with Crippen molar-refractivity contribution in [3.05, 3.63) is 54.5 Å². The van der Waals surface area contributed by atoms with Crippen LogP contribution in [0.1, 0.15) is 53.2 Å². The highest BCUT2D eigenvalue weighted by molar-refractivity contribution is 7.52. The Morgan fingerprint density at radius 2 is 1.82 bits per heavy atom. The number of fused-ring (bicyclic) bond motifs is 1. The smallest absolute Gasteiger partial charge is 0.459 e. The van der Waals surface area contributed by atoms with Gasteiger partial charge >= 0.3 is 25.7 Å². The fraction of sp³-hybridized carbons (Fsp3) is 0.500. The largest absolute Gasteiger partial charge is 0.461 e. The minimum Gasteiger partial charge on any atom is -0.461 e. The van der Waals surface area contributed by atoms with Gasteiger partial charge in [-0.25, -0.2) is 14.1 Å². The minimum absolute atomic E-state index is 0.0768. The molecule has 1 aliphatic heterocycles. The van der Waals surface area contributed by atoms with E-state index < -0.39 is 67.8 Å². The minimum atomic E-state index is -4.49. The fourth-order valence-electron chi connectivity index (χ4n) is 4.86. The number of nitrogens with two attached hydrogens (primary N) is 1. The third-order valence-corrected chi connectivity index (χ3v) is 9.38. The van der Waals surface area contributed by atoms with Gasteiger partial charge in [0, 0.05) is 20.0 Å². The van der Waals surface area contributed by atoms with E-state index >= 15 is 0 Å². The number of ether oxygens (including phenoxy) is 5. The average Bonchev–Trinajstić information content (AvgIpc) is 3.67. The third kappa shape index (κ3) is 8.58. The number of hydrogen-bond donors (Lipinski definition) is 2. The maximum atomic E-state index is 14.3. The molecule has 0 aliphatic carbocycles. The van der Waals surface area contributed by atoms with Gasteiger partial charge in [0.25, 0.3) is 0 Å². The van der Waals surface area contributed by atoms with Gasteiger partial charge in [0.05, 0.1) is 17.9 Å². The molecule has 0 spiro atoms. The van der Waals surface area contributed by atoms with Crippen LogP contribution < -0.4 is 15.3 Å². The number of anilines is 1. The van der Waals surface area contributed by atoms with Gasteiger partial charge in [-0.2, -0.15) is 15.4 Å². The topological polar surface area (TPSA) is 225 Å². The first-order valence-corrected chi connectivity index (χ1v) is 17.3. The van der Waals surface area contributed by atoms with Crippen molar-refractivity contribution in [3.63, 3.8) is 0 Å². The Morgan fingerprint density at radius 1 is 1.14 bits per heavy atom. The van der Waals surface area contributed by atoms with Crippen molar-refractivity contribution in [2.75, 3.05) is 26.1 Å². The average molecular weight is 717 g/mol. The summed E-state index contributed by atoms with van der Waals surface area (Å²) in [5.74, 6) is -1.99. The van der Waals surface area contributed by atoms with Crippen LogP contribution in [0.15, 0.2) is 48.8 Å². The predicted molar refractivity (Wildman–Crippen MR) is 175 cm³/mol. The molecule has 1 saturated heterocycles. The normalized spacial score (nSPS) is 22.2. The number of nitrogens with zero attached hydrogens (tertiary/aromatic N) is 4. The SMILES string of the molecule is CCC(=O)O[C@H]1[C@@H](OC(=O)CC)[C@](C#N)(c2ccc3c(N)ncnn23)O[C@@H]1CO[P@@](=O)(N[C@@H](C)C(=O)OCC(C)(C)OC)Oc1ccccc1. The van der Waals surface area contributed by atoms with E-state index in [2.05, 4.69) is 21.2 Å². The van der Waals surface area contributed by atoms with Gasteiger partial charge in [-0.05, 0) is 45.0 Å². The molecule has 0 bridgehead atoms. The van der Waals surface area contributed by atoms with Crippen molar-refractivity contribution in [2.45, 2.75) is 83.0 Å². The molecule has 4 rings (SSSR count). The Kier molecular flexibility index (Phi) is 12.2. The Bertz CT molecular complexity index is 1760. The number of esters is 3. The van der Waals surface area contributed by atoms with Gasteiger partial charge < -0.3 is 33.9 Å². The van der Waals surface area contributed by atoms with Gasteiger partial charge in [0.1, 0.15) is 42.4 Å². The molecule has 3 N–H and O–H groups in total. The van der Waals surface area contributed by atoms with Crippen LogP contribution in [0.25, 0.3) is 5.52 Å². The van der Waals surface area contributed by atoms with E-state index in [1.165, 1.54) is 43.1 Å². The lowest BCUT2D eigenvalue weighted by Gasteiger charge is -2.28. The summed E-state index contributed by atoms with van der Waals surface area (Å²) >= 11 is 0. The molecular formula is C32H41N6O11P. The number of aromatic nitrogens is 3. The molecule has 0 radical (unpaired) electrons. The quantitative estimate of drug-likeness (QED) is 0.123. The van der Waals surface area contributed by atoms with Crippen LogP contribution in [0.4, 0.5) is 5.82 Å². The molecule has 0 saturated carbocycles. The van der Waals surface area contributed by atoms with Crippen LogP contribution in [0.2, 0.25) is 0 Å². The molecule has 0 unspecified atom stereocenters. The molecule has 0 amide bonds. The maximum Gasteiger partial charge on any atom is 0.459 e. The summed E-state index contributed by atoms with van der Waals surface area (Å²) in [5, 5.41) is 17.5. The standard InChI is InChI=1S/C32H41N6O11P/c1-7-25(39)46-27-23(48-32(17-33,28(27)47-26(40)8-2)24-15-14-22-29(34)35-19-36-38(22)24)16-45-50(42,49-21-12-10-9-11-13-21)37-20(3)30(41)44-18-31(4,5)43-6/h9-15,19-20,23,27-28H,7-8,16,18H2,1-6H3,(H,37,42)(H2,34,35,36)/t20-,23+,27+,28+,32-,50-/m0/s1. The van der Waals surface area contributed by atoms with Crippen LogP contribution in [0, 0.1) is 11.3 Å². The zero-order chi connectivity index (χ0) is 36.7. The van der Waals surface area contributed by atoms with E-state index in [-0.39, 0.29) is 36.7 Å². The number of carbonyl (C=O) groups is 3. The van der Waals surface area contributed by atoms with Crippen molar-refractivity contribution in [2.24, 2.45) is 0 Å². The molecule has 6 atom stereocenters. The summed E-state index contributed by atoms with van der Waals surface area (Å²) in [5.41, 5.74) is 3.51. The lowest BCUT2D eigenvalue weighted by Crippen LogP contribution is -2.46. The molecule has 18 heteroatoms. The molecule has 50 heavy (non-hydrogen) atoms. The third-order valence-electron chi connectivity index (χ3n) is 7.73. The van der Waals surface area contributed by atoms with Crippen molar-refractivity contribution >= 4 is 37.0 Å². The second kappa shape index (κ2) is 16.0. The Hall–Kier alpha value is -4.59. The Balaban J connectivity index is 1.72. The number of nitrogens with one attached hydrogen (secondary N) is 1. The number of methoxy groups -OCH3 is 1. The molecule has 1 aliphatic rings. The van der Waals surface area contributed by atoms with Gasteiger partial charge in [0.15, 0.2) is 18.0 Å². The van der Waals surface area contributed by atoms with Crippen molar-refractivity contribution in [1.82, 2.24) is 19.7 Å². The van der Waals surface area contributed by atoms with Crippen molar-refractivity contribution in [1.29, 1.82) is 5.26 Å². The van der Waals surface area contributed by atoms with Gasteiger partial charge in [-0.15, -0.1) is 0 Å². The number of hydrogen-bond acceptors (Lipinski definition) is 15. The summed E-state index contributed by atoms with van der Waals surface area (Å²) in [7, 11) is -3.02. The van der Waals surface area contributed by atoms with E-state index in [9.17, 15) is 24.2 Å². The molecule has 3 aromatic rings. The fourth-order valence-corrected chi connectivity index (χ4v) is 6.37. The monoisotopic (exact) mass is 716 g/mol. The zero-order valence-corrected chi connectivity index (χ0v) is 29.5. The Morgan fingerprint density at radius 3 is 2.46 bits per heavy atom.